The Balaban J connectivity index is 1.44. The van der Waals surface area contributed by atoms with Gasteiger partial charge in [-0.15, -0.1) is 0 Å². The third kappa shape index (κ3) is 3.14. The molecule has 19 heavy (non-hydrogen) atoms. The van der Waals surface area contributed by atoms with Crippen molar-refractivity contribution in [2.24, 2.45) is 5.92 Å². The van der Waals surface area contributed by atoms with Gasteiger partial charge in [-0.3, -0.25) is 0 Å². The van der Waals surface area contributed by atoms with E-state index < -0.39 is 9.84 Å². The number of rotatable bonds is 3. The van der Waals surface area contributed by atoms with Crippen molar-refractivity contribution in [3.63, 3.8) is 0 Å². The van der Waals surface area contributed by atoms with Gasteiger partial charge in [0, 0.05) is 18.1 Å². The first-order valence-corrected chi connectivity index (χ1v) is 9.51. The van der Waals surface area contributed by atoms with Crippen molar-refractivity contribution in [3.8, 4) is 0 Å². The quantitative estimate of drug-likeness (QED) is 0.842. The molecule has 4 nitrogen and oxygen atoms in total. The predicted molar refractivity (Wildman–Crippen MR) is 77.0 cm³/mol. The highest BCUT2D eigenvalue weighted by molar-refractivity contribution is 7.91. The molecular formula is C14H26N2O2S. The summed E-state index contributed by atoms with van der Waals surface area (Å²) in [6, 6.07) is 2.04. The van der Waals surface area contributed by atoms with E-state index >= 15 is 0 Å². The Morgan fingerprint density at radius 3 is 2.21 bits per heavy atom. The molecule has 0 aromatic rings. The van der Waals surface area contributed by atoms with Gasteiger partial charge < -0.3 is 10.2 Å². The number of sulfone groups is 1. The smallest absolute Gasteiger partial charge is 0.150 e. The average Bonchev–Trinajstić information content (AvgIpc) is 2.61. The van der Waals surface area contributed by atoms with E-state index in [4.69, 9.17) is 0 Å². The van der Waals surface area contributed by atoms with Gasteiger partial charge in [0.05, 0.1) is 11.5 Å². The maximum absolute atomic E-state index is 11.4. The van der Waals surface area contributed by atoms with Gasteiger partial charge in [0.2, 0.25) is 0 Å². The van der Waals surface area contributed by atoms with Crippen molar-refractivity contribution in [2.45, 2.75) is 56.7 Å². The molecular weight excluding hydrogens is 260 g/mol. The first-order chi connectivity index (χ1) is 9.03. The van der Waals surface area contributed by atoms with Crippen molar-refractivity contribution in [1.29, 1.82) is 0 Å². The molecule has 0 radical (unpaired) electrons. The van der Waals surface area contributed by atoms with Crippen molar-refractivity contribution in [3.05, 3.63) is 0 Å². The topological polar surface area (TPSA) is 49.4 Å². The van der Waals surface area contributed by atoms with E-state index in [1.807, 2.05) is 0 Å². The molecule has 3 fully saturated rings. The summed E-state index contributed by atoms with van der Waals surface area (Å²) >= 11 is 0. The van der Waals surface area contributed by atoms with Gasteiger partial charge in [0.25, 0.3) is 0 Å². The fraction of sp³-hybridized carbons (Fsp3) is 1.00. The number of hydrogen-bond donors (Lipinski definition) is 1. The van der Waals surface area contributed by atoms with Crippen LogP contribution in [0.15, 0.2) is 0 Å². The van der Waals surface area contributed by atoms with Crippen LogP contribution in [-0.2, 0) is 9.84 Å². The van der Waals surface area contributed by atoms with E-state index in [9.17, 15) is 8.42 Å². The molecule has 3 rings (SSSR count). The lowest BCUT2D eigenvalue weighted by Crippen LogP contribution is -2.45. The van der Waals surface area contributed by atoms with Crippen LogP contribution in [0.3, 0.4) is 0 Å². The summed E-state index contributed by atoms with van der Waals surface area (Å²) in [6.07, 6.45) is 7.01. The van der Waals surface area contributed by atoms with Crippen molar-refractivity contribution in [1.82, 2.24) is 10.2 Å². The molecule has 5 heteroatoms. The molecule has 3 saturated heterocycles. The standard InChI is InChI=1S/C14H26N2O2S/c1-16-13-2-3-14(16)9-11(8-13)10-15-12-4-6-19(17,18)7-5-12/h11-15H,2-10H2,1H3. The number of piperidine rings is 1. The van der Waals surface area contributed by atoms with E-state index in [1.165, 1.54) is 25.7 Å². The van der Waals surface area contributed by atoms with Crippen molar-refractivity contribution < 1.29 is 8.42 Å². The van der Waals surface area contributed by atoms with Gasteiger partial charge >= 0.3 is 0 Å². The van der Waals surface area contributed by atoms with Gasteiger partial charge in [0.15, 0.2) is 0 Å². The van der Waals surface area contributed by atoms with Gasteiger partial charge in [0.1, 0.15) is 9.84 Å². The summed E-state index contributed by atoms with van der Waals surface area (Å²) in [5.74, 6) is 1.55. The molecule has 0 amide bonds. The molecule has 3 aliphatic rings. The molecule has 2 unspecified atom stereocenters. The van der Waals surface area contributed by atoms with E-state index in [1.54, 1.807) is 0 Å². The van der Waals surface area contributed by atoms with Gasteiger partial charge in [-0.05, 0) is 58.0 Å². The molecule has 0 aliphatic carbocycles. The van der Waals surface area contributed by atoms with Crippen LogP contribution in [0.25, 0.3) is 0 Å². The summed E-state index contributed by atoms with van der Waals surface area (Å²) in [4.78, 5) is 2.57. The molecule has 3 heterocycles. The minimum atomic E-state index is -2.72. The molecule has 0 saturated carbocycles. The predicted octanol–water partition coefficient (Wildman–Crippen LogP) is 1.03. The van der Waals surface area contributed by atoms with Crippen LogP contribution >= 0.6 is 0 Å². The highest BCUT2D eigenvalue weighted by Crippen LogP contribution is 2.37. The van der Waals surface area contributed by atoms with Gasteiger partial charge in [-0.25, -0.2) is 8.42 Å². The Bertz CT molecular complexity index is 395. The summed E-state index contributed by atoms with van der Waals surface area (Å²) in [5, 5.41) is 3.63. The van der Waals surface area contributed by atoms with E-state index in [0.29, 0.717) is 17.5 Å². The second kappa shape index (κ2) is 5.34. The molecule has 1 N–H and O–H groups in total. The van der Waals surface area contributed by atoms with Crippen LogP contribution in [0.4, 0.5) is 0 Å². The molecule has 0 aromatic heterocycles. The molecule has 3 aliphatic heterocycles. The number of fused-ring (bicyclic) bond motifs is 2. The zero-order chi connectivity index (χ0) is 13.5. The van der Waals surface area contributed by atoms with Crippen LogP contribution < -0.4 is 5.32 Å². The van der Waals surface area contributed by atoms with Gasteiger partial charge in [-0.1, -0.05) is 0 Å². The Kier molecular flexibility index (Phi) is 3.89. The Morgan fingerprint density at radius 1 is 1.05 bits per heavy atom. The summed E-state index contributed by atoms with van der Waals surface area (Å²) in [6.45, 7) is 1.09. The third-order valence-electron chi connectivity index (χ3n) is 5.45. The van der Waals surface area contributed by atoms with E-state index in [0.717, 1.165) is 37.4 Å². The van der Waals surface area contributed by atoms with Crippen LogP contribution in [0, 0.1) is 5.92 Å². The van der Waals surface area contributed by atoms with Crippen molar-refractivity contribution in [2.75, 3.05) is 25.1 Å². The Morgan fingerprint density at radius 2 is 1.63 bits per heavy atom. The molecule has 2 atom stereocenters. The zero-order valence-corrected chi connectivity index (χ0v) is 12.7. The molecule has 0 aromatic carbocycles. The second-order valence-electron chi connectivity index (χ2n) is 6.72. The fourth-order valence-electron chi connectivity index (χ4n) is 4.12. The Labute approximate surface area is 116 Å². The monoisotopic (exact) mass is 286 g/mol. The van der Waals surface area contributed by atoms with Crippen LogP contribution in [0.1, 0.15) is 38.5 Å². The van der Waals surface area contributed by atoms with Crippen LogP contribution in [-0.4, -0.2) is 56.5 Å². The average molecular weight is 286 g/mol. The first kappa shape index (κ1) is 13.8. The molecule has 110 valence electrons. The first-order valence-electron chi connectivity index (χ1n) is 7.69. The number of nitrogens with zero attached hydrogens (tertiary/aromatic N) is 1. The highest BCUT2D eigenvalue weighted by atomic mass is 32.2. The molecule has 0 spiro atoms. The maximum atomic E-state index is 11.4. The lowest BCUT2D eigenvalue weighted by molar-refractivity contribution is 0.131. The van der Waals surface area contributed by atoms with Crippen LogP contribution in [0.5, 0.6) is 0 Å². The zero-order valence-electron chi connectivity index (χ0n) is 11.8. The SMILES string of the molecule is CN1C2CCC1CC(CNC1CCS(=O)(=O)CC1)C2. The number of nitrogens with one attached hydrogen (secondary N) is 1. The lowest BCUT2D eigenvalue weighted by Gasteiger charge is -2.37. The second-order valence-corrected chi connectivity index (χ2v) is 9.03. The third-order valence-corrected chi connectivity index (χ3v) is 7.16. The van der Waals surface area contributed by atoms with E-state index in [-0.39, 0.29) is 0 Å². The number of hydrogen-bond acceptors (Lipinski definition) is 4. The van der Waals surface area contributed by atoms with Crippen molar-refractivity contribution >= 4 is 9.84 Å². The summed E-state index contributed by atoms with van der Waals surface area (Å²) in [7, 11) is -0.445. The fourth-order valence-corrected chi connectivity index (χ4v) is 5.61. The Hall–Kier alpha value is -0.130. The maximum Gasteiger partial charge on any atom is 0.150 e. The lowest BCUT2D eigenvalue weighted by atomic mass is 9.90. The van der Waals surface area contributed by atoms with Crippen LogP contribution in [0.2, 0.25) is 0 Å². The summed E-state index contributed by atoms with van der Waals surface area (Å²) < 4.78 is 22.8. The minimum Gasteiger partial charge on any atom is -0.314 e. The van der Waals surface area contributed by atoms with Gasteiger partial charge in [-0.2, -0.15) is 0 Å². The summed E-state index contributed by atoms with van der Waals surface area (Å²) in [5.41, 5.74) is 0. The largest absolute Gasteiger partial charge is 0.314 e. The highest BCUT2D eigenvalue weighted by Gasteiger charge is 2.38. The minimum absolute atomic E-state index is 0.378. The van der Waals surface area contributed by atoms with E-state index in [2.05, 4.69) is 17.3 Å². The normalized spacial score (nSPS) is 39.5. The molecule has 2 bridgehead atoms.